The minimum atomic E-state index is -0.524. The van der Waals surface area contributed by atoms with Crippen LogP contribution in [-0.2, 0) is 0 Å². The number of halogens is 1. The fourth-order valence-corrected chi connectivity index (χ4v) is 2.56. The summed E-state index contributed by atoms with van der Waals surface area (Å²) >= 11 is 5.85. The zero-order valence-electron chi connectivity index (χ0n) is 11.2. The first kappa shape index (κ1) is 12.8. The number of aromatic amines is 1. The molecule has 2 aromatic heterocycles. The van der Waals surface area contributed by atoms with Gasteiger partial charge in [0.25, 0.3) is 0 Å². The van der Waals surface area contributed by atoms with E-state index in [4.69, 9.17) is 11.6 Å². The van der Waals surface area contributed by atoms with Crippen molar-refractivity contribution in [2.45, 2.75) is 0 Å². The van der Waals surface area contributed by atoms with Gasteiger partial charge >= 0.3 is 11.4 Å². The molecular weight excluding hydrogens is 304 g/mol. The molecule has 0 saturated carbocycles. The summed E-state index contributed by atoms with van der Waals surface area (Å²) in [4.78, 5) is 27.3. The lowest BCUT2D eigenvalue weighted by Gasteiger charge is -1.98. The molecule has 22 heavy (non-hydrogen) atoms. The Morgan fingerprint density at radius 1 is 1.00 bits per heavy atom. The molecule has 0 saturated heterocycles. The molecule has 0 radical (unpaired) electrons. The lowest BCUT2D eigenvalue weighted by molar-refractivity contribution is 0.828. The third-order valence-electron chi connectivity index (χ3n) is 3.46. The number of nitrogens with one attached hydrogen (secondary N) is 1. The molecule has 2 heterocycles. The van der Waals surface area contributed by atoms with Crippen molar-refractivity contribution in [1.82, 2.24) is 19.2 Å². The summed E-state index contributed by atoms with van der Waals surface area (Å²) in [6, 6.07) is 13.9. The maximum Gasteiger partial charge on any atom is 0.359 e. The second kappa shape index (κ2) is 4.57. The number of rotatable bonds is 1. The van der Waals surface area contributed by atoms with Crippen molar-refractivity contribution in [2.75, 3.05) is 0 Å². The average Bonchev–Trinajstić information content (AvgIpc) is 2.87. The molecule has 0 spiro atoms. The Morgan fingerprint density at radius 3 is 2.50 bits per heavy atom. The van der Waals surface area contributed by atoms with Crippen LogP contribution in [-0.4, -0.2) is 19.2 Å². The predicted octanol–water partition coefficient (Wildman–Crippen LogP) is 1.98. The Bertz CT molecular complexity index is 1120. The van der Waals surface area contributed by atoms with Gasteiger partial charge in [0.2, 0.25) is 0 Å². The second-order valence-electron chi connectivity index (χ2n) is 4.81. The average molecular weight is 313 g/mol. The zero-order chi connectivity index (χ0) is 15.3. The number of fused-ring (bicyclic) bond motifs is 3. The van der Waals surface area contributed by atoms with Gasteiger partial charge in [-0.15, -0.1) is 5.10 Å². The van der Waals surface area contributed by atoms with Crippen LogP contribution in [0.1, 0.15) is 0 Å². The van der Waals surface area contributed by atoms with Gasteiger partial charge in [-0.1, -0.05) is 23.7 Å². The van der Waals surface area contributed by atoms with Gasteiger partial charge in [0, 0.05) is 10.4 Å². The summed E-state index contributed by atoms with van der Waals surface area (Å²) in [6.45, 7) is 0. The van der Waals surface area contributed by atoms with Gasteiger partial charge in [0.05, 0.1) is 11.2 Å². The Morgan fingerprint density at radius 2 is 1.73 bits per heavy atom. The molecule has 2 aromatic carbocycles. The minimum absolute atomic E-state index is 0.319. The van der Waals surface area contributed by atoms with E-state index >= 15 is 0 Å². The van der Waals surface area contributed by atoms with Gasteiger partial charge in [0.1, 0.15) is 0 Å². The third kappa shape index (κ3) is 1.78. The molecule has 108 valence electrons. The van der Waals surface area contributed by atoms with E-state index in [2.05, 4.69) is 10.1 Å². The molecule has 0 amide bonds. The molecular formula is C15H9ClN4O2. The molecule has 0 bridgehead atoms. The predicted molar refractivity (Wildman–Crippen MR) is 83.9 cm³/mol. The monoisotopic (exact) mass is 312 g/mol. The smallest absolute Gasteiger partial charge is 0.306 e. The summed E-state index contributed by atoms with van der Waals surface area (Å²) in [7, 11) is 0. The number of nitrogens with zero attached hydrogens (tertiary/aromatic N) is 3. The molecule has 0 aliphatic heterocycles. The highest BCUT2D eigenvalue weighted by Crippen LogP contribution is 2.15. The van der Waals surface area contributed by atoms with Crippen LogP contribution in [0.15, 0.2) is 58.1 Å². The minimum Gasteiger partial charge on any atom is -0.306 e. The van der Waals surface area contributed by atoms with Crippen LogP contribution < -0.4 is 11.4 Å². The van der Waals surface area contributed by atoms with Gasteiger partial charge < -0.3 is 4.98 Å². The third-order valence-corrected chi connectivity index (χ3v) is 3.71. The first-order valence-corrected chi connectivity index (χ1v) is 6.92. The molecule has 6 nitrogen and oxygen atoms in total. The van der Waals surface area contributed by atoms with Crippen LogP contribution in [0, 0.1) is 0 Å². The van der Waals surface area contributed by atoms with E-state index in [1.807, 2.05) is 12.1 Å². The fraction of sp³-hybridized carbons (Fsp3) is 0. The van der Waals surface area contributed by atoms with Gasteiger partial charge in [-0.3, -0.25) is 0 Å². The van der Waals surface area contributed by atoms with E-state index in [0.29, 0.717) is 27.3 Å². The van der Waals surface area contributed by atoms with Crippen LogP contribution in [0.5, 0.6) is 0 Å². The van der Waals surface area contributed by atoms with Gasteiger partial charge in [-0.25, -0.2) is 9.59 Å². The molecule has 0 aliphatic carbocycles. The van der Waals surface area contributed by atoms with E-state index < -0.39 is 11.4 Å². The van der Waals surface area contributed by atoms with E-state index in [1.54, 1.807) is 36.4 Å². The molecule has 0 fully saturated rings. The Balaban J connectivity index is 2.15. The lowest BCUT2D eigenvalue weighted by atomic mass is 10.2. The topological polar surface area (TPSA) is 72.2 Å². The maximum atomic E-state index is 12.5. The Kier molecular flexibility index (Phi) is 2.67. The summed E-state index contributed by atoms with van der Waals surface area (Å²) in [5.74, 6) is 0. The molecule has 0 atom stereocenters. The summed E-state index contributed by atoms with van der Waals surface area (Å²) in [5.41, 5.74) is 0.456. The van der Waals surface area contributed by atoms with E-state index in [1.165, 1.54) is 4.68 Å². The number of hydrogen-bond donors (Lipinski definition) is 1. The van der Waals surface area contributed by atoms with Crippen LogP contribution in [0.3, 0.4) is 0 Å². The van der Waals surface area contributed by atoms with Crippen molar-refractivity contribution in [3.63, 3.8) is 0 Å². The number of benzene rings is 2. The van der Waals surface area contributed by atoms with Crippen molar-refractivity contribution in [2.24, 2.45) is 0 Å². The largest absolute Gasteiger partial charge is 0.359 e. The van der Waals surface area contributed by atoms with Gasteiger partial charge in [0.15, 0.2) is 5.65 Å². The number of H-pyrrole nitrogens is 1. The molecule has 4 aromatic rings. The highest BCUT2D eigenvalue weighted by molar-refractivity contribution is 6.30. The summed E-state index contributed by atoms with van der Waals surface area (Å²) in [5, 5.41) is 5.57. The van der Waals surface area contributed by atoms with Crippen LogP contribution in [0.2, 0.25) is 5.02 Å². The number of aromatic nitrogens is 4. The Hall–Kier alpha value is -2.86. The first-order chi connectivity index (χ1) is 10.6. The molecule has 0 aliphatic rings. The number of hydrogen-bond acceptors (Lipinski definition) is 3. The van der Waals surface area contributed by atoms with Crippen molar-refractivity contribution in [3.05, 3.63) is 74.5 Å². The van der Waals surface area contributed by atoms with E-state index in [9.17, 15) is 9.59 Å². The second-order valence-corrected chi connectivity index (χ2v) is 5.24. The summed E-state index contributed by atoms with van der Waals surface area (Å²) in [6.07, 6.45) is 0. The van der Waals surface area contributed by atoms with Crippen molar-refractivity contribution < 1.29 is 0 Å². The normalized spacial score (nSPS) is 11.3. The molecule has 1 N–H and O–H groups in total. The van der Waals surface area contributed by atoms with Crippen LogP contribution in [0.25, 0.3) is 22.2 Å². The lowest BCUT2D eigenvalue weighted by Crippen LogP contribution is -2.29. The molecule has 7 heteroatoms. The maximum absolute atomic E-state index is 12.5. The number of para-hydroxylation sites is 1. The standard InChI is InChI=1S/C15H9ClN4O2/c16-9-5-7-10(8-6-9)20-15(22)19-13(18-20)11-3-1-2-4-12(11)17-14(19)21/h1-8H,(H,17,21). The van der Waals surface area contributed by atoms with Crippen molar-refractivity contribution in [3.8, 4) is 5.69 Å². The van der Waals surface area contributed by atoms with E-state index in [0.717, 1.165) is 4.40 Å². The van der Waals surface area contributed by atoms with Crippen LogP contribution >= 0.6 is 11.6 Å². The quantitative estimate of drug-likeness (QED) is 0.584. The van der Waals surface area contributed by atoms with Gasteiger partial charge in [-0.2, -0.15) is 9.08 Å². The first-order valence-electron chi connectivity index (χ1n) is 6.54. The molecule has 0 unspecified atom stereocenters. The van der Waals surface area contributed by atoms with Crippen molar-refractivity contribution in [1.29, 1.82) is 0 Å². The highest BCUT2D eigenvalue weighted by Gasteiger charge is 2.14. The van der Waals surface area contributed by atoms with Crippen molar-refractivity contribution >= 4 is 28.2 Å². The van der Waals surface area contributed by atoms with Crippen LogP contribution in [0.4, 0.5) is 0 Å². The van der Waals surface area contributed by atoms with Gasteiger partial charge in [-0.05, 0) is 36.4 Å². The summed E-state index contributed by atoms with van der Waals surface area (Å²) < 4.78 is 2.21. The highest BCUT2D eigenvalue weighted by atomic mass is 35.5. The molecule has 4 rings (SSSR count). The Labute approximate surface area is 128 Å². The zero-order valence-corrected chi connectivity index (χ0v) is 11.9. The SMILES string of the molecule is O=c1[nH]c2ccccc2c2nn(-c3ccc(Cl)cc3)c(=O)n12. The fourth-order valence-electron chi connectivity index (χ4n) is 2.43. The van der Waals surface area contributed by atoms with E-state index in [-0.39, 0.29) is 0 Å².